The summed E-state index contributed by atoms with van der Waals surface area (Å²) < 4.78 is 39.7. The van der Waals surface area contributed by atoms with E-state index in [0.717, 1.165) is 23.3 Å². The number of nitrogens with zero attached hydrogens (tertiary/aromatic N) is 1. The van der Waals surface area contributed by atoms with E-state index in [4.69, 9.17) is 5.73 Å². The summed E-state index contributed by atoms with van der Waals surface area (Å²) in [6.45, 7) is 3.71. The maximum atomic E-state index is 13.2. The number of nitrogens with one attached hydrogen (secondary N) is 2. The van der Waals surface area contributed by atoms with Crippen LogP contribution in [0.1, 0.15) is 22.3 Å². The Bertz CT molecular complexity index is 981. The SMILES string of the molecule is Cc1cc(C)cc(N2C(=O)/C(=C\NNC(N)=S)c3ccc(C(F)(F)F)cc32)c1. The van der Waals surface area contributed by atoms with E-state index in [1.807, 2.05) is 19.9 Å². The number of rotatable bonds is 3. The molecule has 0 bridgehead atoms. The van der Waals surface area contributed by atoms with Crippen LogP contribution < -0.4 is 21.5 Å². The first-order chi connectivity index (χ1) is 13.1. The molecule has 2 aromatic rings. The first-order valence-corrected chi connectivity index (χ1v) is 8.64. The predicted octanol–water partition coefficient (Wildman–Crippen LogP) is 3.68. The van der Waals surface area contributed by atoms with E-state index in [2.05, 4.69) is 23.1 Å². The molecule has 0 atom stereocenters. The van der Waals surface area contributed by atoms with Crippen LogP contribution in [0.25, 0.3) is 5.57 Å². The summed E-state index contributed by atoms with van der Waals surface area (Å²) in [4.78, 5) is 14.3. The minimum Gasteiger partial charge on any atom is -0.375 e. The van der Waals surface area contributed by atoms with E-state index in [1.54, 1.807) is 12.1 Å². The summed E-state index contributed by atoms with van der Waals surface area (Å²) >= 11 is 4.68. The number of hydrogen-bond donors (Lipinski definition) is 3. The number of halogens is 3. The van der Waals surface area contributed by atoms with Gasteiger partial charge in [0.2, 0.25) is 0 Å². The molecule has 0 radical (unpaired) electrons. The van der Waals surface area contributed by atoms with Crippen molar-refractivity contribution in [1.82, 2.24) is 10.9 Å². The van der Waals surface area contributed by atoms with Crippen molar-refractivity contribution >= 4 is 40.2 Å². The fourth-order valence-electron chi connectivity index (χ4n) is 3.12. The van der Waals surface area contributed by atoms with Crippen molar-refractivity contribution in [3.63, 3.8) is 0 Å². The van der Waals surface area contributed by atoms with Crippen LogP contribution in [0.15, 0.2) is 42.6 Å². The third-order valence-corrected chi connectivity index (χ3v) is 4.27. The Labute approximate surface area is 165 Å². The monoisotopic (exact) mass is 406 g/mol. The van der Waals surface area contributed by atoms with Crippen LogP contribution in [0.4, 0.5) is 24.5 Å². The van der Waals surface area contributed by atoms with E-state index >= 15 is 0 Å². The Morgan fingerprint density at radius 3 is 2.36 bits per heavy atom. The van der Waals surface area contributed by atoms with Crippen LogP contribution in [0.2, 0.25) is 0 Å². The van der Waals surface area contributed by atoms with Crippen molar-refractivity contribution in [2.24, 2.45) is 5.73 Å². The highest BCUT2D eigenvalue weighted by atomic mass is 32.1. The van der Waals surface area contributed by atoms with Crippen molar-refractivity contribution in [3.05, 3.63) is 64.9 Å². The van der Waals surface area contributed by atoms with E-state index in [9.17, 15) is 18.0 Å². The zero-order valence-corrected chi connectivity index (χ0v) is 15.8. The Hall–Kier alpha value is -3.07. The Morgan fingerprint density at radius 2 is 1.79 bits per heavy atom. The number of carbonyl (C=O) groups excluding carboxylic acids is 1. The van der Waals surface area contributed by atoms with E-state index in [0.29, 0.717) is 11.3 Å². The molecule has 2 aromatic carbocycles. The molecule has 1 aliphatic heterocycles. The molecule has 0 aliphatic carbocycles. The molecule has 0 spiro atoms. The lowest BCUT2D eigenvalue weighted by molar-refractivity contribution is -0.137. The highest BCUT2D eigenvalue weighted by molar-refractivity contribution is 7.80. The highest BCUT2D eigenvalue weighted by Crippen LogP contribution is 2.44. The summed E-state index contributed by atoms with van der Waals surface area (Å²) in [6.07, 6.45) is -3.19. The molecule has 146 valence electrons. The van der Waals surface area contributed by atoms with Crippen LogP contribution >= 0.6 is 12.2 Å². The van der Waals surface area contributed by atoms with Gasteiger partial charge >= 0.3 is 6.18 Å². The number of hydrazine groups is 1. The van der Waals surface area contributed by atoms with Crippen molar-refractivity contribution < 1.29 is 18.0 Å². The molecule has 3 rings (SSSR count). The van der Waals surface area contributed by atoms with Gasteiger partial charge in [0, 0.05) is 17.5 Å². The zero-order valence-electron chi connectivity index (χ0n) is 15.0. The second-order valence-electron chi connectivity index (χ2n) is 6.41. The third kappa shape index (κ3) is 3.79. The largest absolute Gasteiger partial charge is 0.416 e. The number of benzene rings is 2. The van der Waals surface area contributed by atoms with Crippen LogP contribution in [0.3, 0.4) is 0 Å². The minimum absolute atomic E-state index is 0.0406. The average Bonchev–Trinajstić information content (AvgIpc) is 2.84. The molecule has 1 heterocycles. The van der Waals surface area contributed by atoms with Gasteiger partial charge in [0.25, 0.3) is 5.91 Å². The van der Waals surface area contributed by atoms with E-state index in [-0.39, 0.29) is 16.4 Å². The molecule has 0 saturated heterocycles. The zero-order chi connectivity index (χ0) is 20.6. The standard InChI is InChI=1S/C19H17F3N4OS/c1-10-5-11(2)7-13(6-10)26-16-8-12(19(20,21)22)3-4-14(16)15(17(26)27)9-24-25-18(23)28/h3-9,24H,1-2H3,(H3,23,25,28)/b15-9-. The number of amides is 1. The maximum absolute atomic E-state index is 13.2. The highest BCUT2D eigenvalue weighted by Gasteiger charge is 2.38. The van der Waals surface area contributed by atoms with Crippen LogP contribution in [0.5, 0.6) is 0 Å². The van der Waals surface area contributed by atoms with Gasteiger partial charge in [0.1, 0.15) is 0 Å². The van der Waals surface area contributed by atoms with Crippen LogP contribution in [-0.4, -0.2) is 11.0 Å². The van der Waals surface area contributed by atoms with Crippen LogP contribution in [-0.2, 0) is 11.0 Å². The van der Waals surface area contributed by atoms with Crippen LogP contribution in [0, 0.1) is 13.8 Å². The lowest BCUT2D eigenvalue weighted by Gasteiger charge is -2.19. The second kappa shape index (κ2) is 7.16. The molecule has 0 fully saturated rings. The van der Waals surface area contributed by atoms with E-state index in [1.165, 1.54) is 17.2 Å². The molecule has 28 heavy (non-hydrogen) atoms. The number of carbonyl (C=O) groups is 1. The van der Waals surface area contributed by atoms with Gasteiger partial charge in [-0.25, -0.2) is 0 Å². The fraction of sp³-hybridized carbons (Fsp3) is 0.158. The number of hydrogen-bond acceptors (Lipinski definition) is 3. The lowest BCUT2D eigenvalue weighted by Crippen LogP contribution is -2.38. The first kappa shape index (κ1) is 19.7. The molecule has 1 amide bonds. The van der Waals surface area contributed by atoms with E-state index < -0.39 is 17.6 Å². The number of alkyl halides is 3. The Kier molecular flexibility index (Phi) is 5.03. The summed E-state index contributed by atoms with van der Waals surface area (Å²) in [5.74, 6) is -0.462. The molecule has 5 nitrogen and oxygen atoms in total. The number of anilines is 2. The topological polar surface area (TPSA) is 70.4 Å². The summed E-state index contributed by atoms with van der Waals surface area (Å²) in [7, 11) is 0. The molecule has 0 aromatic heterocycles. The Morgan fingerprint density at radius 1 is 1.14 bits per heavy atom. The molecule has 9 heteroatoms. The van der Waals surface area contributed by atoms with Gasteiger partial charge in [-0.1, -0.05) is 12.1 Å². The molecular weight excluding hydrogens is 389 g/mol. The molecular formula is C19H17F3N4OS. The van der Waals surface area contributed by atoms with Gasteiger partial charge in [-0.15, -0.1) is 0 Å². The average molecular weight is 406 g/mol. The number of nitrogens with two attached hydrogens (primary N) is 1. The van der Waals surface area contributed by atoms with Crippen molar-refractivity contribution in [2.75, 3.05) is 4.90 Å². The smallest absolute Gasteiger partial charge is 0.375 e. The summed E-state index contributed by atoms with van der Waals surface area (Å²) in [5.41, 5.74) is 12.6. The lowest BCUT2D eigenvalue weighted by atomic mass is 10.1. The molecule has 0 saturated carbocycles. The minimum atomic E-state index is -4.52. The van der Waals surface area contributed by atoms with Crippen molar-refractivity contribution in [3.8, 4) is 0 Å². The molecule has 4 N–H and O–H groups in total. The van der Waals surface area contributed by atoms with Crippen molar-refractivity contribution in [1.29, 1.82) is 0 Å². The normalized spacial score (nSPS) is 15.0. The van der Waals surface area contributed by atoms with Gasteiger partial charge in [-0.3, -0.25) is 15.1 Å². The third-order valence-electron chi connectivity index (χ3n) is 4.17. The maximum Gasteiger partial charge on any atom is 0.416 e. The van der Waals surface area contributed by atoms with Gasteiger partial charge in [0.05, 0.1) is 16.8 Å². The first-order valence-electron chi connectivity index (χ1n) is 8.23. The number of thiocarbonyl (C=S) groups is 1. The van der Waals surface area contributed by atoms with Gasteiger partial charge < -0.3 is 11.2 Å². The van der Waals surface area contributed by atoms with Crippen molar-refractivity contribution in [2.45, 2.75) is 20.0 Å². The molecule has 0 unspecified atom stereocenters. The molecule has 1 aliphatic rings. The Balaban J connectivity index is 2.16. The summed E-state index contributed by atoms with van der Waals surface area (Å²) in [5, 5.41) is -0.0406. The fourth-order valence-corrected chi connectivity index (χ4v) is 3.18. The van der Waals surface area contributed by atoms with Gasteiger partial charge in [0.15, 0.2) is 5.11 Å². The van der Waals surface area contributed by atoms with Gasteiger partial charge in [-0.2, -0.15) is 13.2 Å². The quantitative estimate of drug-likeness (QED) is 0.412. The summed E-state index contributed by atoms with van der Waals surface area (Å²) in [6, 6.07) is 8.63. The number of fused-ring (bicyclic) bond motifs is 1. The predicted molar refractivity (Wildman–Crippen MR) is 106 cm³/mol. The second-order valence-corrected chi connectivity index (χ2v) is 6.85. The number of aryl methyl sites for hydroxylation is 2. The van der Waals surface area contributed by atoms with Gasteiger partial charge in [-0.05, 0) is 61.5 Å².